The number of hydrogen-bond donors (Lipinski definition) is 3. The molecular weight excluding hydrogens is 624 g/mol. The van der Waals surface area contributed by atoms with Gasteiger partial charge in [-0.25, -0.2) is 0 Å². The standard InChI is InChI=1S/C38H32N4O7/c1-22-11-6-7-13-25(22)20-39-33(46)34(40(21-43)26-15-4-3-5-16-26)42-36(48)37-31(28-18-10-14-24-12-8-9-17-27(24)28)32(37)38(37,42)41-30(45)19-29(35(41)47)49-23(2)44/h3-19,21,31-32,34,45,47H,20H2,1-2H3,(H,39,46)/t31?,32-,34+,37-,38+/m1/s1. The Kier molecular flexibility index (Phi) is 6.61. The number of nitrogens with zero attached hydrogens (tertiary/aromatic N) is 3. The van der Waals surface area contributed by atoms with Gasteiger partial charge in [-0.15, -0.1) is 0 Å². The SMILES string of the molecule is CC(=O)Oc1cc(O)n([C@]23[C@@H]4C(c5cccc6ccccc56)[C@]42C(=O)N3[C@@H](C(=O)NCc2ccccc2C)N(C=O)c2ccccc2)c1O. The second-order valence-electron chi connectivity index (χ2n) is 12.8. The summed E-state index contributed by atoms with van der Waals surface area (Å²) in [4.78, 5) is 56.4. The Balaban J connectivity index is 1.27. The molecule has 49 heavy (non-hydrogen) atoms. The van der Waals surface area contributed by atoms with Crippen molar-refractivity contribution >= 4 is 40.7 Å². The van der Waals surface area contributed by atoms with Crippen molar-refractivity contribution < 1.29 is 34.1 Å². The number of likely N-dealkylation sites (tertiary alicyclic amines) is 1. The van der Waals surface area contributed by atoms with E-state index in [0.29, 0.717) is 12.1 Å². The fraction of sp³-hybridized carbons (Fsp3) is 0.211. The van der Waals surface area contributed by atoms with Gasteiger partial charge < -0.3 is 20.3 Å². The summed E-state index contributed by atoms with van der Waals surface area (Å²) in [6.07, 6.45) is -1.02. The summed E-state index contributed by atoms with van der Waals surface area (Å²) in [5, 5.41) is 27.7. The van der Waals surface area contributed by atoms with Gasteiger partial charge in [0, 0.05) is 37.1 Å². The van der Waals surface area contributed by atoms with Crippen molar-refractivity contribution in [2.75, 3.05) is 4.90 Å². The van der Waals surface area contributed by atoms with Crippen LogP contribution in [0, 0.1) is 18.3 Å². The van der Waals surface area contributed by atoms with Crippen LogP contribution in [-0.4, -0.2) is 50.0 Å². The van der Waals surface area contributed by atoms with Crippen molar-refractivity contribution in [1.82, 2.24) is 14.8 Å². The molecule has 5 atom stereocenters. The highest BCUT2D eigenvalue weighted by molar-refractivity contribution is 6.10. The summed E-state index contributed by atoms with van der Waals surface area (Å²) in [7, 11) is 0. The first-order valence-electron chi connectivity index (χ1n) is 15.9. The molecule has 1 aliphatic heterocycles. The zero-order valence-electron chi connectivity index (χ0n) is 26.6. The molecule has 3 fully saturated rings. The molecule has 2 heterocycles. The fourth-order valence-electron chi connectivity index (χ4n) is 8.34. The average Bonchev–Trinajstić information content (AvgIpc) is 3.93. The highest BCUT2D eigenvalue weighted by Crippen LogP contribution is 3.00. The zero-order chi connectivity index (χ0) is 34.2. The molecule has 11 heteroatoms. The molecule has 5 aromatic rings. The smallest absolute Gasteiger partial charge is 0.308 e. The number of β-lactam (4-membered cyclic amide) rings is 1. The molecule has 2 aliphatic carbocycles. The first-order chi connectivity index (χ1) is 23.7. The highest BCUT2D eigenvalue weighted by Gasteiger charge is 3.10. The summed E-state index contributed by atoms with van der Waals surface area (Å²) in [6, 6.07) is 30.8. The van der Waals surface area contributed by atoms with Crippen LogP contribution in [0.5, 0.6) is 17.5 Å². The van der Waals surface area contributed by atoms with Gasteiger partial charge in [-0.1, -0.05) is 84.9 Å². The summed E-state index contributed by atoms with van der Waals surface area (Å²) in [5.74, 6) is -3.91. The highest BCUT2D eigenvalue weighted by atomic mass is 16.5. The van der Waals surface area contributed by atoms with Gasteiger partial charge in [0.15, 0.2) is 17.8 Å². The van der Waals surface area contributed by atoms with E-state index in [9.17, 15) is 29.4 Å². The number of anilines is 1. The van der Waals surface area contributed by atoms with Crippen LogP contribution in [0.1, 0.15) is 29.5 Å². The molecule has 2 saturated carbocycles. The number of aromatic hydroxyl groups is 2. The number of benzene rings is 4. The van der Waals surface area contributed by atoms with E-state index >= 15 is 0 Å². The van der Waals surface area contributed by atoms with Crippen molar-refractivity contribution in [3.8, 4) is 17.5 Å². The number of esters is 1. The molecule has 4 aromatic carbocycles. The number of para-hydroxylation sites is 1. The predicted octanol–water partition coefficient (Wildman–Crippen LogP) is 4.50. The Hall–Kier alpha value is -6.10. The molecule has 11 nitrogen and oxygen atoms in total. The molecule has 246 valence electrons. The third-order valence-corrected chi connectivity index (χ3v) is 10.4. The molecule has 3 N–H and O–H groups in total. The Morgan fingerprint density at radius 2 is 1.67 bits per heavy atom. The molecular formula is C38H32N4O7. The lowest BCUT2D eigenvalue weighted by Gasteiger charge is -2.54. The van der Waals surface area contributed by atoms with Gasteiger partial charge in [0.2, 0.25) is 18.2 Å². The number of carbonyl (C=O) groups is 4. The molecule has 0 bridgehead atoms. The van der Waals surface area contributed by atoms with Crippen LogP contribution in [0.2, 0.25) is 0 Å². The molecule has 8 rings (SSSR count). The summed E-state index contributed by atoms with van der Waals surface area (Å²) >= 11 is 0. The topological polar surface area (TPSA) is 141 Å². The van der Waals surface area contributed by atoms with E-state index in [-0.39, 0.29) is 18.2 Å². The monoisotopic (exact) mass is 656 g/mol. The number of fused-ring (bicyclic) bond motifs is 2. The third-order valence-electron chi connectivity index (χ3n) is 10.4. The van der Waals surface area contributed by atoms with Crippen molar-refractivity contribution in [2.24, 2.45) is 11.3 Å². The summed E-state index contributed by atoms with van der Waals surface area (Å²) in [6.45, 7) is 3.21. The lowest BCUT2D eigenvalue weighted by atomic mass is 9.79. The number of piperidine rings is 1. The van der Waals surface area contributed by atoms with Gasteiger partial charge in [-0.05, 0) is 46.5 Å². The van der Waals surface area contributed by atoms with Crippen molar-refractivity contribution in [3.05, 3.63) is 120 Å². The van der Waals surface area contributed by atoms with Crippen molar-refractivity contribution in [3.63, 3.8) is 0 Å². The largest absolute Gasteiger partial charge is 0.494 e. The Morgan fingerprint density at radius 3 is 2.39 bits per heavy atom. The van der Waals surface area contributed by atoms with Gasteiger partial charge in [-0.3, -0.25) is 33.5 Å². The minimum atomic E-state index is -1.51. The van der Waals surface area contributed by atoms with E-state index in [1.165, 1.54) is 9.80 Å². The predicted molar refractivity (Wildman–Crippen MR) is 178 cm³/mol. The number of hydrogen-bond acceptors (Lipinski definition) is 7. The van der Waals surface area contributed by atoms with Crippen LogP contribution < -0.4 is 15.0 Å². The molecule has 1 unspecified atom stereocenters. The van der Waals surface area contributed by atoms with Crippen molar-refractivity contribution in [1.29, 1.82) is 0 Å². The van der Waals surface area contributed by atoms with Crippen LogP contribution in [0.4, 0.5) is 5.69 Å². The zero-order valence-corrected chi connectivity index (χ0v) is 26.6. The Morgan fingerprint density at radius 1 is 0.980 bits per heavy atom. The number of aryl methyl sites for hydroxylation is 1. The maximum atomic E-state index is 14.7. The molecule has 1 aromatic heterocycles. The Bertz CT molecular complexity index is 2190. The normalized spacial score (nSPS) is 23.5. The van der Waals surface area contributed by atoms with Gasteiger partial charge in [0.05, 0.1) is 0 Å². The molecule has 1 saturated heterocycles. The third kappa shape index (κ3) is 3.95. The second-order valence-corrected chi connectivity index (χ2v) is 12.8. The lowest BCUT2D eigenvalue weighted by Crippen LogP contribution is -2.73. The number of aromatic nitrogens is 1. The lowest BCUT2D eigenvalue weighted by molar-refractivity contribution is -0.178. The molecule has 3 amide bonds. The molecule has 1 spiro atoms. The summed E-state index contributed by atoms with van der Waals surface area (Å²) < 4.78 is 6.35. The number of amides is 3. The number of nitrogens with one attached hydrogen (secondary N) is 1. The summed E-state index contributed by atoms with van der Waals surface area (Å²) in [5.41, 5.74) is 0.488. The van der Waals surface area contributed by atoms with E-state index in [1.807, 2.05) is 73.7 Å². The van der Waals surface area contributed by atoms with Crippen LogP contribution in [0.3, 0.4) is 0 Å². The average molecular weight is 657 g/mol. The van der Waals surface area contributed by atoms with E-state index in [0.717, 1.165) is 45.0 Å². The maximum Gasteiger partial charge on any atom is 0.308 e. The molecule has 3 aliphatic rings. The Labute approximate surface area is 280 Å². The number of ether oxygens (including phenoxy) is 1. The van der Waals surface area contributed by atoms with E-state index in [1.54, 1.807) is 30.3 Å². The van der Waals surface area contributed by atoms with Gasteiger partial charge in [0.25, 0.3) is 5.91 Å². The minimum Gasteiger partial charge on any atom is -0.494 e. The van der Waals surface area contributed by atoms with E-state index < -0.39 is 52.7 Å². The molecule has 0 radical (unpaired) electrons. The van der Waals surface area contributed by atoms with E-state index in [2.05, 4.69) is 5.32 Å². The second kappa shape index (κ2) is 10.7. The van der Waals surface area contributed by atoms with Gasteiger partial charge in [0.1, 0.15) is 11.1 Å². The van der Waals surface area contributed by atoms with Crippen LogP contribution in [0.15, 0.2) is 103 Å². The quantitative estimate of drug-likeness (QED) is 0.114. The van der Waals surface area contributed by atoms with E-state index in [4.69, 9.17) is 4.74 Å². The first kappa shape index (κ1) is 30.2. The number of rotatable bonds is 10. The van der Waals surface area contributed by atoms with Crippen LogP contribution in [0.25, 0.3) is 10.8 Å². The first-order valence-corrected chi connectivity index (χ1v) is 15.9. The van der Waals surface area contributed by atoms with Gasteiger partial charge >= 0.3 is 5.97 Å². The van der Waals surface area contributed by atoms with Crippen molar-refractivity contribution in [2.45, 2.75) is 38.1 Å². The van der Waals surface area contributed by atoms with Gasteiger partial charge in [-0.2, -0.15) is 0 Å². The fourth-order valence-corrected chi connectivity index (χ4v) is 8.34. The number of carbonyl (C=O) groups excluding carboxylic acids is 4. The van der Waals surface area contributed by atoms with Crippen LogP contribution in [-0.2, 0) is 31.4 Å². The maximum absolute atomic E-state index is 14.7. The van der Waals surface area contributed by atoms with Crippen LogP contribution >= 0.6 is 0 Å². The minimum absolute atomic E-state index is 0.127.